The summed E-state index contributed by atoms with van der Waals surface area (Å²) >= 11 is 0. The molecule has 2 N–H and O–H groups in total. The fraction of sp³-hybridized carbons (Fsp3) is 0.769. The molecule has 0 amide bonds. The molecule has 1 saturated heterocycles. The molecule has 96 valence electrons. The van der Waals surface area contributed by atoms with E-state index in [1.54, 1.807) is 0 Å². The van der Waals surface area contributed by atoms with Gasteiger partial charge in [0.15, 0.2) is 0 Å². The molecular formula is C13H24N4. The van der Waals surface area contributed by atoms with Gasteiger partial charge in [0.25, 0.3) is 0 Å². The van der Waals surface area contributed by atoms with Crippen LogP contribution in [-0.4, -0.2) is 33.8 Å². The van der Waals surface area contributed by atoms with Crippen molar-refractivity contribution in [2.75, 3.05) is 13.1 Å². The molecule has 0 aromatic carbocycles. The highest BCUT2D eigenvalue weighted by molar-refractivity contribution is 5.24. The van der Waals surface area contributed by atoms with Crippen molar-refractivity contribution >= 4 is 0 Å². The molecule has 1 aromatic heterocycles. The third-order valence-electron chi connectivity index (χ3n) is 3.75. The van der Waals surface area contributed by atoms with Gasteiger partial charge in [-0.15, -0.1) is 0 Å². The second-order valence-electron chi connectivity index (χ2n) is 5.10. The summed E-state index contributed by atoms with van der Waals surface area (Å²) in [4.78, 5) is 2.46. The van der Waals surface area contributed by atoms with Gasteiger partial charge in [-0.2, -0.15) is 5.10 Å². The minimum absolute atomic E-state index is 0.352. The molecule has 2 rings (SSSR count). The van der Waals surface area contributed by atoms with Crippen LogP contribution in [0.1, 0.15) is 36.7 Å². The average Bonchev–Trinajstić information content (AvgIpc) is 2.56. The van der Waals surface area contributed by atoms with Crippen molar-refractivity contribution in [1.29, 1.82) is 0 Å². The van der Waals surface area contributed by atoms with Crippen molar-refractivity contribution in [2.24, 2.45) is 5.73 Å². The van der Waals surface area contributed by atoms with Crippen LogP contribution in [0.2, 0.25) is 0 Å². The maximum Gasteiger partial charge on any atom is 0.0641 e. The minimum Gasteiger partial charge on any atom is -0.327 e. The van der Waals surface area contributed by atoms with E-state index in [9.17, 15) is 0 Å². The lowest BCUT2D eigenvalue weighted by Crippen LogP contribution is -2.42. The first-order valence-corrected chi connectivity index (χ1v) is 6.62. The topological polar surface area (TPSA) is 47.1 Å². The van der Waals surface area contributed by atoms with Crippen molar-refractivity contribution < 1.29 is 0 Å². The van der Waals surface area contributed by atoms with Gasteiger partial charge in [0, 0.05) is 36.9 Å². The van der Waals surface area contributed by atoms with Crippen LogP contribution < -0.4 is 5.73 Å². The van der Waals surface area contributed by atoms with Crippen molar-refractivity contribution in [3.05, 3.63) is 17.0 Å². The number of aryl methyl sites for hydroxylation is 2. The number of hydrogen-bond donors (Lipinski definition) is 1. The van der Waals surface area contributed by atoms with Gasteiger partial charge in [0.1, 0.15) is 0 Å². The first-order chi connectivity index (χ1) is 8.11. The largest absolute Gasteiger partial charge is 0.327 e. The zero-order chi connectivity index (χ0) is 12.4. The minimum atomic E-state index is 0.352. The van der Waals surface area contributed by atoms with Gasteiger partial charge in [-0.3, -0.25) is 9.58 Å². The molecule has 17 heavy (non-hydrogen) atoms. The maximum atomic E-state index is 6.02. The molecule has 1 aliphatic rings. The number of aromatic nitrogens is 2. The van der Waals surface area contributed by atoms with Crippen LogP contribution in [0.3, 0.4) is 0 Å². The van der Waals surface area contributed by atoms with Gasteiger partial charge in [-0.1, -0.05) is 0 Å². The summed E-state index contributed by atoms with van der Waals surface area (Å²) in [5.41, 5.74) is 9.89. The van der Waals surface area contributed by atoms with Crippen LogP contribution in [0.5, 0.6) is 0 Å². The molecule has 1 atom stereocenters. The number of rotatable bonds is 3. The van der Waals surface area contributed by atoms with Crippen LogP contribution in [0.25, 0.3) is 0 Å². The van der Waals surface area contributed by atoms with Crippen molar-refractivity contribution in [3.8, 4) is 0 Å². The third kappa shape index (κ3) is 2.69. The number of piperidine rings is 1. The van der Waals surface area contributed by atoms with E-state index in [4.69, 9.17) is 5.73 Å². The Kier molecular flexibility index (Phi) is 3.84. The van der Waals surface area contributed by atoms with Crippen LogP contribution in [0, 0.1) is 13.8 Å². The zero-order valence-electron chi connectivity index (χ0n) is 11.2. The second kappa shape index (κ2) is 5.19. The Hall–Kier alpha value is -0.870. The summed E-state index contributed by atoms with van der Waals surface area (Å²) in [7, 11) is 0. The Bertz CT molecular complexity index is 383. The summed E-state index contributed by atoms with van der Waals surface area (Å²) in [5, 5.41) is 4.57. The third-order valence-corrected chi connectivity index (χ3v) is 3.75. The molecule has 0 bridgehead atoms. The Labute approximate surface area is 104 Å². The zero-order valence-corrected chi connectivity index (χ0v) is 11.2. The molecule has 1 unspecified atom stereocenters. The number of likely N-dealkylation sites (tertiary alicyclic amines) is 1. The van der Waals surface area contributed by atoms with Gasteiger partial charge >= 0.3 is 0 Å². The molecule has 0 aliphatic carbocycles. The fourth-order valence-electron chi connectivity index (χ4n) is 2.73. The molecule has 0 saturated carbocycles. The quantitative estimate of drug-likeness (QED) is 0.864. The maximum absolute atomic E-state index is 6.02. The summed E-state index contributed by atoms with van der Waals surface area (Å²) in [6.07, 6.45) is 2.39. The van der Waals surface area contributed by atoms with Crippen LogP contribution >= 0.6 is 0 Å². The summed E-state index contributed by atoms with van der Waals surface area (Å²) in [6, 6.07) is 0.352. The van der Waals surface area contributed by atoms with E-state index in [2.05, 4.69) is 35.5 Å². The van der Waals surface area contributed by atoms with E-state index in [0.29, 0.717) is 6.04 Å². The van der Waals surface area contributed by atoms with Crippen LogP contribution in [-0.2, 0) is 13.1 Å². The van der Waals surface area contributed by atoms with Crippen molar-refractivity contribution in [3.63, 3.8) is 0 Å². The molecule has 2 heterocycles. The highest BCUT2D eigenvalue weighted by Gasteiger charge is 2.19. The predicted octanol–water partition coefficient (Wildman–Crippen LogP) is 1.44. The highest BCUT2D eigenvalue weighted by Crippen LogP contribution is 2.18. The van der Waals surface area contributed by atoms with Gasteiger partial charge in [-0.25, -0.2) is 0 Å². The number of nitrogens with zero attached hydrogens (tertiary/aromatic N) is 3. The Morgan fingerprint density at radius 2 is 2.18 bits per heavy atom. The monoisotopic (exact) mass is 236 g/mol. The standard InChI is InChI=1S/C13H24N4/c1-4-17-11(3)13(10(2)15-17)9-16-7-5-6-12(14)8-16/h12H,4-9,14H2,1-3H3. The summed E-state index contributed by atoms with van der Waals surface area (Å²) in [5.74, 6) is 0. The molecule has 1 aromatic rings. The first-order valence-electron chi connectivity index (χ1n) is 6.62. The molecule has 4 heteroatoms. The van der Waals surface area contributed by atoms with E-state index < -0.39 is 0 Å². The molecule has 4 nitrogen and oxygen atoms in total. The van der Waals surface area contributed by atoms with E-state index in [0.717, 1.165) is 19.6 Å². The average molecular weight is 236 g/mol. The summed E-state index contributed by atoms with van der Waals surface area (Å²) in [6.45, 7) is 10.6. The van der Waals surface area contributed by atoms with E-state index in [-0.39, 0.29) is 0 Å². The predicted molar refractivity (Wildman–Crippen MR) is 69.9 cm³/mol. The van der Waals surface area contributed by atoms with Gasteiger partial charge < -0.3 is 5.73 Å². The van der Waals surface area contributed by atoms with E-state index in [1.807, 2.05) is 0 Å². The van der Waals surface area contributed by atoms with E-state index >= 15 is 0 Å². The fourth-order valence-corrected chi connectivity index (χ4v) is 2.73. The van der Waals surface area contributed by atoms with Crippen molar-refractivity contribution in [2.45, 2.75) is 52.7 Å². The lowest BCUT2D eigenvalue weighted by molar-refractivity contribution is 0.201. The summed E-state index contributed by atoms with van der Waals surface area (Å²) < 4.78 is 2.09. The first kappa shape index (κ1) is 12.6. The van der Waals surface area contributed by atoms with Crippen molar-refractivity contribution in [1.82, 2.24) is 14.7 Å². The van der Waals surface area contributed by atoms with Gasteiger partial charge in [-0.05, 0) is 40.2 Å². The molecule has 1 fully saturated rings. The molecule has 0 radical (unpaired) electrons. The second-order valence-corrected chi connectivity index (χ2v) is 5.10. The van der Waals surface area contributed by atoms with Gasteiger partial charge in [0.05, 0.1) is 5.69 Å². The Balaban J connectivity index is 2.10. The number of hydrogen-bond acceptors (Lipinski definition) is 3. The molecule has 1 aliphatic heterocycles. The molecular weight excluding hydrogens is 212 g/mol. The van der Waals surface area contributed by atoms with E-state index in [1.165, 1.54) is 36.3 Å². The normalized spacial score (nSPS) is 22.0. The molecule has 0 spiro atoms. The number of nitrogens with two attached hydrogens (primary N) is 1. The Morgan fingerprint density at radius 3 is 2.76 bits per heavy atom. The lowest BCUT2D eigenvalue weighted by atomic mass is 10.1. The Morgan fingerprint density at radius 1 is 1.41 bits per heavy atom. The van der Waals surface area contributed by atoms with Crippen LogP contribution in [0.15, 0.2) is 0 Å². The lowest BCUT2D eigenvalue weighted by Gasteiger charge is -2.30. The van der Waals surface area contributed by atoms with Crippen LogP contribution in [0.4, 0.5) is 0 Å². The van der Waals surface area contributed by atoms with Gasteiger partial charge in [0.2, 0.25) is 0 Å². The smallest absolute Gasteiger partial charge is 0.0641 e. The highest BCUT2D eigenvalue weighted by atomic mass is 15.3. The SMILES string of the molecule is CCn1nc(C)c(CN2CCCC(N)C2)c1C.